The number of ketones is 1. The molecule has 0 fully saturated rings. The quantitative estimate of drug-likeness (QED) is 0.292. The van der Waals surface area contributed by atoms with Crippen LogP contribution in [0.5, 0.6) is 0 Å². The molecule has 0 radical (unpaired) electrons. The van der Waals surface area contributed by atoms with Gasteiger partial charge in [-0.3, -0.25) is 4.79 Å². The molecule has 118 valence electrons. The van der Waals surface area contributed by atoms with Gasteiger partial charge in [0.05, 0.1) is 5.69 Å². The van der Waals surface area contributed by atoms with Crippen LogP contribution in [0.25, 0.3) is 0 Å². The number of aryl methyl sites for hydroxylation is 1. The molecule has 0 amide bonds. The standard InChI is InChI=1S/C18H15N5O/c19-18(22-23-20)13-4-1-3-12(11-13)7-8-14-9-10-15-16(21-14)5-2-6-17(15)24/h1,3-4,9-11H,2,5-6H2,(H3,19,20,22). The van der Waals surface area contributed by atoms with Crippen molar-refractivity contribution in [3.05, 3.63) is 64.5 Å². The predicted octanol–water partition coefficient (Wildman–Crippen LogP) is 2.65. The Balaban J connectivity index is 1.88. The van der Waals surface area contributed by atoms with Gasteiger partial charge in [0.25, 0.3) is 0 Å². The molecule has 0 bridgehead atoms. The minimum Gasteiger partial charge on any atom is -0.382 e. The van der Waals surface area contributed by atoms with Crippen molar-refractivity contribution in [2.45, 2.75) is 19.3 Å². The van der Waals surface area contributed by atoms with E-state index < -0.39 is 0 Å². The Bertz CT molecular complexity index is 905. The monoisotopic (exact) mass is 317 g/mol. The van der Waals surface area contributed by atoms with Crippen LogP contribution in [-0.2, 0) is 6.42 Å². The largest absolute Gasteiger partial charge is 0.382 e. The van der Waals surface area contributed by atoms with Gasteiger partial charge in [0, 0.05) is 23.1 Å². The van der Waals surface area contributed by atoms with Crippen molar-refractivity contribution in [1.29, 1.82) is 5.53 Å². The highest BCUT2D eigenvalue weighted by Crippen LogP contribution is 2.19. The number of aromatic nitrogens is 1. The summed E-state index contributed by atoms with van der Waals surface area (Å²) in [7, 11) is 0. The van der Waals surface area contributed by atoms with Crippen LogP contribution in [0.15, 0.2) is 46.7 Å². The maximum Gasteiger partial charge on any atom is 0.164 e. The van der Waals surface area contributed by atoms with E-state index in [-0.39, 0.29) is 11.6 Å². The number of pyridine rings is 1. The fourth-order valence-corrected chi connectivity index (χ4v) is 2.57. The zero-order chi connectivity index (χ0) is 16.9. The molecule has 6 nitrogen and oxygen atoms in total. The zero-order valence-corrected chi connectivity index (χ0v) is 12.9. The Morgan fingerprint density at radius 3 is 2.92 bits per heavy atom. The molecule has 1 aliphatic carbocycles. The smallest absolute Gasteiger partial charge is 0.164 e. The molecule has 0 aliphatic heterocycles. The molecule has 3 N–H and O–H groups in total. The fraction of sp³-hybridized carbons (Fsp3) is 0.167. The predicted molar refractivity (Wildman–Crippen MR) is 89.8 cm³/mol. The second kappa shape index (κ2) is 6.84. The second-order valence-corrected chi connectivity index (χ2v) is 5.38. The molecule has 0 atom stereocenters. The lowest BCUT2D eigenvalue weighted by atomic mass is 9.94. The van der Waals surface area contributed by atoms with Crippen LogP contribution < -0.4 is 5.73 Å². The minimum atomic E-state index is 0.158. The molecular weight excluding hydrogens is 302 g/mol. The number of rotatable bonds is 2. The summed E-state index contributed by atoms with van der Waals surface area (Å²) in [5.41, 5.74) is 16.0. The van der Waals surface area contributed by atoms with Gasteiger partial charge in [-0.1, -0.05) is 23.3 Å². The van der Waals surface area contributed by atoms with Gasteiger partial charge in [-0.05, 0) is 43.0 Å². The highest BCUT2D eigenvalue weighted by Gasteiger charge is 2.17. The summed E-state index contributed by atoms with van der Waals surface area (Å²) >= 11 is 0. The van der Waals surface area contributed by atoms with Crippen molar-refractivity contribution in [2.24, 2.45) is 16.1 Å². The van der Waals surface area contributed by atoms with Crippen LogP contribution in [0.1, 0.15) is 45.7 Å². The number of amidine groups is 1. The number of hydrogen-bond acceptors (Lipinski definition) is 4. The zero-order valence-electron chi connectivity index (χ0n) is 12.9. The normalized spacial score (nSPS) is 13.7. The molecule has 0 spiro atoms. The summed E-state index contributed by atoms with van der Waals surface area (Å²) < 4.78 is 0. The molecule has 0 saturated carbocycles. The summed E-state index contributed by atoms with van der Waals surface area (Å²) in [6, 6.07) is 10.8. The first-order valence-electron chi connectivity index (χ1n) is 7.53. The van der Waals surface area contributed by atoms with E-state index in [1.807, 2.05) is 18.2 Å². The van der Waals surface area contributed by atoms with E-state index in [0.717, 1.165) is 29.7 Å². The van der Waals surface area contributed by atoms with Gasteiger partial charge in [0.15, 0.2) is 11.6 Å². The van der Waals surface area contributed by atoms with Crippen LogP contribution >= 0.6 is 0 Å². The maximum atomic E-state index is 11.8. The second-order valence-electron chi connectivity index (χ2n) is 5.38. The topological polar surface area (TPSA) is 105 Å². The van der Waals surface area contributed by atoms with Crippen molar-refractivity contribution in [2.75, 3.05) is 0 Å². The van der Waals surface area contributed by atoms with Crippen molar-refractivity contribution in [3.8, 4) is 11.8 Å². The van der Waals surface area contributed by atoms with Gasteiger partial charge in [0.1, 0.15) is 5.69 Å². The van der Waals surface area contributed by atoms with Crippen LogP contribution in [0, 0.1) is 17.4 Å². The molecule has 0 unspecified atom stereocenters. The third-order valence-corrected chi connectivity index (χ3v) is 3.74. The number of hydrogen-bond donors (Lipinski definition) is 2. The number of Topliss-reactive ketones (excluding diaryl/α,β-unsaturated/α-hetero) is 1. The first kappa shape index (κ1) is 15.6. The third kappa shape index (κ3) is 3.36. The van der Waals surface area contributed by atoms with Gasteiger partial charge in [-0.15, -0.1) is 5.10 Å². The Labute approximate surface area is 139 Å². The van der Waals surface area contributed by atoms with E-state index in [1.54, 1.807) is 18.2 Å². The lowest BCUT2D eigenvalue weighted by Crippen LogP contribution is -2.13. The Morgan fingerprint density at radius 1 is 1.21 bits per heavy atom. The van der Waals surface area contributed by atoms with Crippen LogP contribution in [0.3, 0.4) is 0 Å². The number of benzene rings is 1. The highest BCUT2D eigenvalue weighted by atomic mass is 16.1. The number of fused-ring (bicyclic) bond motifs is 1. The van der Waals surface area contributed by atoms with Crippen molar-refractivity contribution in [1.82, 2.24) is 4.98 Å². The Kier molecular flexibility index (Phi) is 4.43. The average Bonchev–Trinajstić information content (AvgIpc) is 2.60. The van der Waals surface area contributed by atoms with E-state index in [9.17, 15) is 4.79 Å². The summed E-state index contributed by atoms with van der Waals surface area (Å²) in [5, 5.41) is 6.42. The summed E-state index contributed by atoms with van der Waals surface area (Å²) in [6.07, 6.45) is 2.26. The van der Waals surface area contributed by atoms with E-state index in [1.165, 1.54) is 0 Å². The number of nitrogens with zero attached hydrogens (tertiary/aromatic N) is 3. The van der Waals surface area contributed by atoms with Crippen molar-refractivity contribution >= 4 is 11.6 Å². The van der Waals surface area contributed by atoms with E-state index >= 15 is 0 Å². The molecule has 24 heavy (non-hydrogen) atoms. The first-order valence-corrected chi connectivity index (χ1v) is 7.53. The van der Waals surface area contributed by atoms with Gasteiger partial charge in [-0.25, -0.2) is 4.98 Å². The van der Waals surface area contributed by atoms with Gasteiger partial charge in [0.2, 0.25) is 0 Å². The molecule has 0 saturated heterocycles. The molecule has 2 aromatic rings. The maximum absolute atomic E-state index is 11.8. The van der Waals surface area contributed by atoms with Crippen molar-refractivity contribution < 1.29 is 4.79 Å². The van der Waals surface area contributed by atoms with Gasteiger partial charge in [-0.2, -0.15) is 5.53 Å². The van der Waals surface area contributed by atoms with Crippen molar-refractivity contribution in [3.63, 3.8) is 0 Å². The molecule has 1 aromatic heterocycles. The Hall–Kier alpha value is -3.33. The SMILES string of the molecule is N=NN=C(N)c1cccc(C#Cc2ccc3c(n2)CCCC3=O)c1. The van der Waals surface area contributed by atoms with Gasteiger partial charge >= 0.3 is 0 Å². The van der Waals surface area contributed by atoms with Crippen LogP contribution in [-0.4, -0.2) is 16.6 Å². The highest BCUT2D eigenvalue weighted by molar-refractivity contribution is 5.98. The minimum absolute atomic E-state index is 0.158. The summed E-state index contributed by atoms with van der Waals surface area (Å²) in [4.78, 5) is 16.3. The number of nitrogens with two attached hydrogens (primary N) is 1. The first-order chi connectivity index (χ1) is 11.7. The lowest BCUT2D eigenvalue weighted by molar-refractivity contribution is 0.0971. The molecular formula is C18H15N5O. The molecule has 1 aromatic carbocycles. The fourth-order valence-electron chi connectivity index (χ4n) is 2.57. The van der Waals surface area contributed by atoms with Crippen LogP contribution in [0.2, 0.25) is 0 Å². The van der Waals surface area contributed by atoms with Crippen LogP contribution in [0.4, 0.5) is 0 Å². The summed E-state index contributed by atoms with van der Waals surface area (Å²) in [6.45, 7) is 0. The average molecular weight is 317 g/mol. The molecule has 1 heterocycles. The summed E-state index contributed by atoms with van der Waals surface area (Å²) in [5.74, 6) is 6.37. The molecule has 6 heteroatoms. The van der Waals surface area contributed by atoms with Gasteiger partial charge < -0.3 is 5.73 Å². The lowest BCUT2D eigenvalue weighted by Gasteiger charge is -2.12. The van der Waals surface area contributed by atoms with E-state index in [2.05, 4.69) is 27.1 Å². The van der Waals surface area contributed by atoms with E-state index in [0.29, 0.717) is 17.7 Å². The van der Waals surface area contributed by atoms with E-state index in [4.69, 9.17) is 11.3 Å². The Morgan fingerprint density at radius 2 is 2.08 bits per heavy atom. The number of carbonyl (C=O) groups excluding carboxylic acids is 1. The molecule has 3 rings (SSSR count). The number of carbonyl (C=O) groups is 1. The number of nitrogens with one attached hydrogen (secondary N) is 1. The molecule has 1 aliphatic rings. The third-order valence-electron chi connectivity index (χ3n) is 3.74.